The number of hydrogen-bond acceptors (Lipinski definition) is 5. The van der Waals surface area contributed by atoms with E-state index >= 15 is 0 Å². The van der Waals surface area contributed by atoms with Crippen LogP contribution in [0.5, 0.6) is 0 Å². The summed E-state index contributed by atoms with van der Waals surface area (Å²) in [4.78, 5) is 22.4. The molecule has 2 heterocycles. The molecule has 0 spiro atoms. The first-order valence-corrected chi connectivity index (χ1v) is 6.68. The highest BCUT2D eigenvalue weighted by molar-refractivity contribution is 5.90. The molecule has 2 aromatic heterocycles. The summed E-state index contributed by atoms with van der Waals surface area (Å²) in [6.45, 7) is 0.333. The van der Waals surface area contributed by atoms with E-state index in [4.69, 9.17) is 4.52 Å². The number of aromatic nitrogens is 4. The number of benzene rings is 1. The van der Waals surface area contributed by atoms with E-state index < -0.39 is 17.5 Å². The largest absolute Gasteiger partial charge is 0.349 e. The lowest BCUT2D eigenvalue weighted by Gasteiger charge is -2.00. The van der Waals surface area contributed by atoms with Gasteiger partial charge in [0, 0.05) is 24.9 Å². The van der Waals surface area contributed by atoms with E-state index in [0.717, 1.165) is 23.9 Å². The number of amides is 1. The van der Waals surface area contributed by atoms with Crippen LogP contribution in [0.15, 0.2) is 35.2 Å². The van der Waals surface area contributed by atoms with Crippen LogP contribution in [0.2, 0.25) is 0 Å². The maximum absolute atomic E-state index is 13.6. The predicted octanol–water partition coefficient (Wildman–Crippen LogP) is 1.71. The second-order valence-electron chi connectivity index (χ2n) is 4.63. The number of carbonyl (C=O) groups is 1. The van der Waals surface area contributed by atoms with Gasteiger partial charge in [0.25, 0.3) is 17.6 Å². The smallest absolute Gasteiger partial charge is 0.292 e. The normalized spacial score (nSPS) is 10.7. The minimum atomic E-state index is -0.721. The van der Waals surface area contributed by atoms with Crippen molar-refractivity contribution in [1.29, 1.82) is 0 Å². The number of imidazole rings is 1. The van der Waals surface area contributed by atoms with Crippen molar-refractivity contribution in [3.05, 3.63) is 53.9 Å². The summed E-state index contributed by atoms with van der Waals surface area (Å²) in [5.74, 6) is -2.46. The van der Waals surface area contributed by atoms with Gasteiger partial charge in [-0.2, -0.15) is 4.98 Å². The molecule has 0 radical (unpaired) electrons. The van der Waals surface area contributed by atoms with E-state index in [2.05, 4.69) is 25.4 Å². The van der Waals surface area contributed by atoms with Crippen LogP contribution in [-0.2, 0) is 6.42 Å². The molecule has 1 aromatic carbocycles. The Bertz CT molecular complexity index is 816. The van der Waals surface area contributed by atoms with Crippen molar-refractivity contribution in [2.24, 2.45) is 0 Å². The molecule has 0 fully saturated rings. The Labute approximate surface area is 128 Å². The minimum Gasteiger partial charge on any atom is -0.349 e. The average molecular weight is 319 g/mol. The number of H-pyrrole nitrogens is 1. The first kappa shape index (κ1) is 14.8. The molecule has 0 aliphatic heterocycles. The minimum absolute atomic E-state index is 0.200. The molecule has 3 rings (SSSR count). The van der Waals surface area contributed by atoms with Gasteiger partial charge in [0.15, 0.2) is 0 Å². The highest BCUT2D eigenvalue weighted by Gasteiger charge is 2.18. The summed E-state index contributed by atoms with van der Waals surface area (Å²) < 4.78 is 31.6. The zero-order chi connectivity index (χ0) is 16.2. The molecular formula is C14H11F2N5O2. The van der Waals surface area contributed by atoms with E-state index in [1.807, 2.05) is 0 Å². The molecule has 0 saturated heterocycles. The van der Waals surface area contributed by atoms with Gasteiger partial charge in [-0.15, -0.1) is 0 Å². The van der Waals surface area contributed by atoms with Gasteiger partial charge in [-0.3, -0.25) is 4.79 Å². The third-order valence-corrected chi connectivity index (χ3v) is 3.02. The molecule has 0 aliphatic rings. The SMILES string of the molecule is O=C(NCCc1cnc[nH]1)c1noc(-c2cc(F)ccc2F)n1. The van der Waals surface area contributed by atoms with Crippen molar-refractivity contribution in [3.8, 4) is 11.5 Å². The number of nitrogens with one attached hydrogen (secondary N) is 2. The second kappa shape index (κ2) is 6.34. The van der Waals surface area contributed by atoms with Gasteiger partial charge in [0.2, 0.25) is 0 Å². The molecule has 0 bridgehead atoms. The van der Waals surface area contributed by atoms with E-state index in [9.17, 15) is 13.6 Å². The van der Waals surface area contributed by atoms with Gasteiger partial charge in [-0.05, 0) is 18.2 Å². The maximum Gasteiger partial charge on any atom is 0.292 e. The number of carbonyl (C=O) groups excluding carboxylic acids is 1. The predicted molar refractivity (Wildman–Crippen MR) is 74.3 cm³/mol. The summed E-state index contributed by atoms with van der Waals surface area (Å²) in [5, 5.41) is 6.06. The fourth-order valence-corrected chi connectivity index (χ4v) is 1.90. The molecule has 3 aromatic rings. The summed E-state index contributed by atoms with van der Waals surface area (Å²) >= 11 is 0. The van der Waals surface area contributed by atoms with Gasteiger partial charge < -0.3 is 14.8 Å². The van der Waals surface area contributed by atoms with E-state index in [1.54, 1.807) is 6.20 Å². The van der Waals surface area contributed by atoms with Gasteiger partial charge >= 0.3 is 0 Å². The molecule has 7 nitrogen and oxygen atoms in total. The zero-order valence-corrected chi connectivity index (χ0v) is 11.7. The van der Waals surface area contributed by atoms with Crippen molar-refractivity contribution >= 4 is 5.91 Å². The first-order valence-electron chi connectivity index (χ1n) is 6.68. The lowest BCUT2D eigenvalue weighted by molar-refractivity contribution is 0.0940. The maximum atomic E-state index is 13.6. The lowest BCUT2D eigenvalue weighted by Crippen LogP contribution is -2.26. The Morgan fingerprint density at radius 1 is 1.35 bits per heavy atom. The average Bonchev–Trinajstić information content (AvgIpc) is 3.21. The van der Waals surface area contributed by atoms with Gasteiger partial charge in [0.05, 0.1) is 11.9 Å². The number of nitrogens with zero attached hydrogens (tertiary/aromatic N) is 3. The van der Waals surface area contributed by atoms with E-state index in [-0.39, 0.29) is 17.3 Å². The summed E-state index contributed by atoms with van der Waals surface area (Å²) in [5.41, 5.74) is 0.662. The van der Waals surface area contributed by atoms with Crippen LogP contribution in [-0.4, -0.2) is 32.6 Å². The van der Waals surface area contributed by atoms with Crippen molar-refractivity contribution in [1.82, 2.24) is 25.4 Å². The third kappa shape index (κ3) is 3.39. The fraction of sp³-hybridized carbons (Fsp3) is 0.143. The van der Waals surface area contributed by atoms with Crippen LogP contribution in [0.4, 0.5) is 8.78 Å². The molecule has 0 unspecified atom stereocenters. The van der Waals surface area contributed by atoms with Crippen LogP contribution in [0.3, 0.4) is 0 Å². The number of aromatic amines is 1. The number of halogens is 2. The summed E-state index contributed by atoms with van der Waals surface area (Å²) in [6, 6.07) is 2.83. The van der Waals surface area contributed by atoms with Crippen molar-refractivity contribution in [2.45, 2.75) is 6.42 Å². The molecule has 2 N–H and O–H groups in total. The van der Waals surface area contributed by atoms with E-state index in [1.165, 1.54) is 6.33 Å². The third-order valence-electron chi connectivity index (χ3n) is 3.02. The van der Waals surface area contributed by atoms with Crippen LogP contribution in [0.25, 0.3) is 11.5 Å². The summed E-state index contributed by atoms with van der Waals surface area (Å²) in [7, 11) is 0. The Morgan fingerprint density at radius 2 is 2.22 bits per heavy atom. The van der Waals surface area contributed by atoms with Gasteiger partial charge in [-0.25, -0.2) is 13.8 Å². The topological polar surface area (TPSA) is 96.7 Å². The summed E-state index contributed by atoms with van der Waals surface area (Å²) in [6.07, 6.45) is 3.73. The van der Waals surface area contributed by atoms with Crippen LogP contribution < -0.4 is 5.32 Å². The monoisotopic (exact) mass is 319 g/mol. The Balaban J connectivity index is 1.66. The van der Waals surface area contributed by atoms with Gasteiger partial charge in [-0.1, -0.05) is 5.16 Å². The first-order chi connectivity index (χ1) is 11.1. The van der Waals surface area contributed by atoms with Crippen molar-refractivity contribution in [2.75, 3.05) is 6.54 Å². The van der Waals surface area contributed by atoms with Gasteiger partial charge in [0.1, 0.15) is 11.6 Å². The lowest BCUT2D eigenvalue weighted by atomic mass is 10.2. The number of rotatable bonds is 5. The molecule has 0 atom stereocenters. The zero-order valence-electron chi connectivity index (χ0n) is 11.7. The molecule has 0 saturated carbocycles. The Morgan fingerprint density at radius 3 is 3.00 bits per heavy atom. The van der Waals surface area contributed by atoms with Crippen molar-refractivity contribution < 1.29 is 18.1 Å². The molecule has 1 amide bonds. The molecule has 0 aliphatic carbocycles. The van der Waals surface area contributed by atoms with Crippen LogP contribution in [0, 0.1) is 11.6 Å². The van der Waals surface area contributed by atoms with Crippen molar-refractivity contribution in [3.63, 3.8) is 0 Å². The second-order valence-corrected chi connectivity index (χ2v) is 4.63. The fourth-order valence-electron chi connectivity index (χ4n) is 1.90. The molecular weight excluding hydrogens is 308 g/mol. The molecule has 9 heteroatoms. The standard InChI is InChI=1S/C14H11F2N5O2/c15-8-1-2-11(16)10(5-8)14-20-12(21-23-14)13(22)18-4-3-9-6-17-7-19-9/h1-2,5-7H,3-4H2,(H,17,19)(H,18,22). The molecule has 118 valence electrons. The molecule has 23 heavy (non-hydrogen) atoms. The van der Waals surface area contributed by atoms with Crippen LogP contribution in [0.1, 0.15) is 16.3 Å². The highest BCUT2D eigenvalue weighted by atomic mass is 19.1. The van der Waals surface area contributed by atoms with E-state index in [0.29, 0.717) is 13.0 Å². The quantitative estimate of drug-likeness (QED) is 0.746. The Hall–Kier alpha value is -3.10. The van der Waals surface area contributed by atoms with Crippen LogP contribution >= 0.6 is 0 Å². The highest BCUT2D eigenvalue weighted by Crippen LogP contribution is 2.21. The Kier molecular flexibility index (Phi) is 4.09. The number of hydrogen-bond donors (Lipinski definition) is 2.